The van der Waals surface area contributed by atoms with Gasteiger partial charge in [-0.15, -0.1) is 0 Å². The molecule has 0 unspecified atom stereocenters. The third-order valence-electron chi connectivity index (χ3n) is 5.51. The Hall–Kier alpha value is -3.43. The summed E-state index contributed by atoms with van der Waals surface area (Å²) in [7, 11) is 0. The van der Waals surface area contributed by atoms with Gasteiger partial charge in [-0.25, -0.2) is 18.7 Å². The largest absolute Gasteiger partial charge is 0.324 e. The van der Waals surface area contributed by atoms with E-state index in [9.17, 15) is 8.78 Å². The van der Waals surface area contributed by atoms with Crippen LogP contribution in [0.5, 0.6) is 0 Å². The van der Waals surface area contributed by atoms with Gasteiger partial charge in [0.05, 0.1) is 11.0 Å². The Morgan fingerprint density at radius 3 is 2.62 bits per heavy atom. The SMILES string of the molecule is FC(F)c1cc(-c2ccc3nc(Nc4cc(CN5CCNCC5)ccn4)[nH]c3c2)ccn1. The van der Waals surface area contributed by atoms with Crippen molar-refractivity contribution in [1.29, 1.82) is 0 Å². The summed E-state index contributed by atoms with van der Waals surface area (Å²) in [6, 6.07) is 12.8. The van der Waals surface area contributed by atoms with Crippen LogP contribution in [0.1, 0.15) is 17.7 Å². The van der Waals surface area contributed by atoms with Crippen LogP contribution in [0.2, 0.25) is 0 Å². The summed E-state index contributed by atoms with van der Waals surface area (Å²) in [5, 5.41) is 6.60. The van der Waals surface area contributed by atoms with Crippen LogP contribution in [0.4, 0.5) is 20.5 Å². The molecule has 0 atom stereocenters. The Kier molecular flexibility index (Phi) is 5.74. The van der Waals surface area contributed by atoms with Crippen molar-refractivity contribution >= 4 is 22.8 Å². The van der Waals surface area contributed by atoms with E-state index >= 15 is 0 Å². The van der Waals surface area contributed by atoms with Gasteiger partial charge in [0.25, 0.3) is 6.43 Å². The number of benzene rings is 1. The van der Waals surface area contributed by atoms with Gasteiger partial charge in [-0.05, 0) is 53.1 Å². The molecule has 3 aromatic heterocycles. The Balaban J connectivity index is 1.34. The lowest BCUT2D eigenvalue weighted by Crippen LogP contribution is -2.42. The van der Waals surface area contributed by atoms with E-state index in [0.717, 1.165) is 49.3 Å². The number of nitrogens with zero attached hydrogens (tertiary/aromatic N) is 4. The predicted molar refractivity (Wildman–Crippen MR) is 120 cm³/mol. The molecule has 0 spiro atoms. The highest BCUT2D eigenvalue weighted by molar-refractivity contribution is 5.84. The molecule has 1 saturated heterocycles. The first kappa shape index (κ1) is 20.5. The molecule has 1 fully saturated rings. The zero-order valence-electron chi connectivity index (χ0n) is 17.4. The summed E-state index contributed by atoms with van der Waals surface area (Å²) < 4.78 is 26.0. The molecule has 1 aliphatic rings. The molecule has 9 heteroatoms. The van der Waals surface area contributed by atoms with Crippen LogP contribution in [0.3, 0.4) is 0 Å². The van der Waals surface area contributed by atoms with Crippen molar-refractivity contribution in [3.63, 3.8) is 0 Å². The van der Waals surface area contributed by atoms with E-state index in [4.69, 9.17) is 0 Å². The van der Waals surface area contributed by atoms with Gasteiger partial charge < -0.3 is 15.6 Å². The second-order valence-electron chi connectivity index (χ2n) is 7.79. The molecule has 3 N–H and O–H groups in total. The second kappa shape index (κ2) is 8.97. The fraction of sp³-hybridized carbons (Fsp3) is 0.261. The Morgan fingerprint density at radius 1 is 0.969 bits per heavy atom. The standard InChI is InChI=1S/C23H23F2N7/c24-22(25)20-13-17(4-6-27-20)16-1-2-18-19(12-16)30-23(29-18)31-21-11-15(3-5-28-21)14-32-9-7-26-8-10-32/h1-6,11-13,22,26H,7-10,14H2,(H2,28,29,30,31). The molecule has 1 aliphatic heterocycles. The maximum Gasteiger partial charge on any atom is 0.280 e. The highest BCUT2D eigenvalue weighted by atomic mass is 19.3. The van der Waals surface area contributed by atoms with Crippen molar-refractivity contribution in [1.82, 2.24) is 30.2 Å². The number of rotatable bonds is 6. The molecule has 0 bridgehead atoms. The van der Waals surface area contributed by atoms with Crippen molar-refractivity contribution in [2.24, 2.45) is 0 Å². The molecular weight excluding hydrogens is 412 g/mol. The Morgan fingerprint density at radius 2 is 1.78 bits per heavy atom. The van der Waals surface area contributed by atoms with Crippen LogP contribution in [0.15, 0.2) is 54.9 Å². The first-order valence-corrected chi connectivity index (χ1v) is 10.5. The number of pyridine rings is 2. The normalized spacial score (nSPS) is 14.8. The summed E-state index contributed by atoms with van der Waals surface area (Å²) in [4.78, 5) is 18.4. The number of aromatic amines is 1. The molecule has 32 heavy (non-hydrogen) atoms. The van der Waals surface area contributed by atoms with E-state index < -0.39 is 6.43 Å². The van der Waals surface area contributed by atoms with Crippen LogP contribution in [-0.4, -0.2) is 51.0 Å². The average Bonchev–Trinajstić information content (AvgIpc) is 3.21. The second-order valence-corrected chi connectivity index (χ2v) is 7.79. The molecular formula is C23H23F2N7. The molecule has 164 valence electrons. The lowest BCUT2D eigenvalue weighted by atomic mass is 10.1. The van der Waals surface area contributed by atoms with Crippen LogP contribution in [0.25, 0.3) is 22.2 Å². The van der Waals surface area contributed by atoms with Crippen molar-refractivity contribution in [3.05, 3.63) is 66.1 Å². The number of piperazine rings is 1. The van der Waals surface area contributed by atoms with Crippen LogP contribution < -0.4 is 10.6 Å². The van der Waals surface area contributed by atoms with E-state index in [1.165, 1.54) is 17.8 Å². The van der Waals surface area contributed by atoms with Gasteiger partial charge in [-0.2, -0.15) is 0 Å². The maximum atomic E-state index is 13.0. The molecule has 5 rings (SSSR count). The van der Waals surface area contributed by atoms with Crippen molar-refractivity contribution in [2.45, 2.75) is 13.0 Å². The van der Waals surface area contributed by atoms with E-state index in [-0.39, 0.29) is 5.69 Å². The average molecular weight is 435 g/mol. The lowest BCUT2D eigenvalue weighted by Gasteiger charge is -2.27. The minimum Gasteiger partial charge on any atom is -0.324 e. The summed E-state index contributed by atoms with van der Waals surface area (Å²) in [5.41, 5.74) is 4.03. The number of alkyl halides is 2. The van der Waals surface area contributed by atoms with Gasteiger partial charge in [0.1, 0.15) is 11.5 Å². The highest BCUT2D eigenvalue weighted by Gasteiger charge is 2.12. The summed E-state index contributed by atoms with van der Waals surface area (Å²) in [5.74, 6) is 1.29. The van der Waals surface area contributed by atoms with E-state index in [1.54, 1.807) is 12.3 Å². The minimum absolute atomic E-state index is 0.235. The number of H-pyrrole nitrogens is 1. The molecule has 0 amide bonds. The number of hydrogen-bond donors (Lipinski definition) is 3. The van der Waals surface area contributed by atoms with Crippen molar-refractivity contribution < 1.29 is 8.78 Å². The minimum atomic E-state index is -2.60. The number of imidazole rings is 1. The highest BCUT2D eigenvalue weighted by Crippen LogP contribution is 2.27. The number of hydrogen-bond acceptors (Lipinski definition) is 6. The van der Waals surface area contributed by atoms with Gasteiger partial charge in [0.2, 0.25) is 5.95 Å². The van der Waals surface area contributed by atoms with E-state index in [0.29, 0.717) is 17.3 Å². The van der Waals surface area contributed by atoms with Crippen LogP contribution in [-0.2, 0) is 6.54 Å². The van der Waals surface area contributed by atoms with Crippen molar-refractivity contribution in [2.75, 3.05) is 31.5 Å². The monoisotopic (exact) mass is 435 g/mol. The summed E-state index contributed by atoms with van der Waals surface area (Å²) in [6.07, 6.45) is 0.599. The fourth-order valence-electron chi connectivity index (χ4n) is 3.89. The van der Waals surface area contributed by atoms with Gasteiger partial charge in [0.15, 0.2) is 0 Å². The summed E-state index contributed by atoms with van der Waals surface area (Å²) >= 11 is 0. The molecule has 0 radical (unpaired) electrons. The zero-order chi connectivity index (χ0) is 21.9. The van der Waals surface area contributed by atoms with E-state index in [1.807, 2.05) is 30.3 Å². The molecule has 0 saturated carbocycles. The Bertz CT molecular complexity index is 1220. The number of aromatic nitrogens is 4. The van der Waals surface area contributed by atoms with Crippen LogP contribution in [0, 0.1) is 0 Å². The predicted octanol–water partition coefficient (Wildman–Crippen LogP) is 4.11. The molecule has 4 aromatic rings. The molecule has 7 nitrogen and oxygen atoms in total. The first-order valence-electron chi connectivity index (χ1n) is 10.5. The molecule has 1 aromatic carbocycles. The fourth-order valence-corrected chi connectivity index (χ4v) is 3.89. The summed E-state index contributed by atoms with van der Waals surface area (Å²) in [6.45, 7) is 4.98. The van der Waals surface area contributed by atoms with Crippen molar-refractivity contribution in [3.8, 4) is 11.1 Å². The number of anilines is 2. The smallest absolute Gasteiger partial charge is 0.280 e. The van der Waals surface area contributed by atoms with Gasteiger partial charge in [-0.3, -0.25) is 9.88 Å². The topological polar surface area (TPSA) is 81.8 Å². The Labute approximate surface area is 183 Å². The van der Waals surface area contributed by atoms with E-state index in [2.05, 4.69) is 35.5 Å². The quantitative estimate of drug-likeness (QED) is 0.423. The lowest BCUT2D eigenvalue weighted by molar-refractivity contribution is 0.146. The number of halogens is 2. The molecule has 4 heterocycles. The first-order chi connectivity index (χ1) is 15.6. The number of nitrogens with one attached hydrogen (secondary N) is 3. The third kappa shape index (κ3) is 4.58. The van der Waals surface area contributed by atoms with Gasteiger partial charge in [0, 0.05) is 45.1 Å². The molecule has 0 aliphatic carbocycles. The maximum absolute atomic E-state index is 13.0. The number of fused-ring (bicyclic) bond motifs is 1. The third-order valence-corrected chi connectivity index (χ3v) is 5.51. The van der Waals surface area contributed by atoms with Gasteiger partial charge in [-0.1, -0.05) is 6.07 Å². The van der Waals surface area contributed by atoms with Gasteiger partial charge >= 0.3 is 0 Å². The van der Waals surface area contributed by atoms with Crippen LogP contribution >= 0.6 is 0 Å². The zero-order valence-corrected chi connectivity index (χ0v) is 17.4.